The third-order valence-corrected chi connectivity index (χ3v) is 5.34. The number of carbonyl (C=O) groups excluding carboxylic acids is 2. The standard InChI is InChI=1S/C25H21Cl2NO4/c1-16-5-3-4-6-21(16)28-25(30)15-32-23-12-8-17(13-24(23)31-2)7-11-22(29)18-9-10-19(26)20(27)14-18/h3-14H,15H2,1-2H3,(H,28,30)/b11-7+. The molecule has 32 heavy (non-hydrogen) atoms. The highest BCUT2D eigenvalue weighted by Gasteiger charge is 2.10. The Bertz CT molecular complexity index is 1170. The molecule has 0 atom stereocenters. The average Bonchev–Trinajstić information content (AvgIpc) is 2.79. The fraction of sp³-hybridized carbons (Fsp3) is 0.120. The zero-order valence-electron chi connectivity index (χ0n) is 17.5. The van der Waals surface area contributed by atoms with Crippen molar-refractivity contribution in [3.8, 4) is 11.5 Å². The topological polar surface area (TPSA) is 64.6 Å². The molecule has 0 heterocycles. The van der Waals surface area contributed by atoms with Gasteiger partial charge in [0, 0.05) is 11.3 Å². The highest BCUT2D eigenvalue weighted by Crippen LogP contribution is 2.29. The summed E-state index contributed by atoms with van der Waals surface area (Å²) in [6, 6.07) is 17.4. The van der Waals surface area contributed by atoms with Crippen molar-refractivity contribution in [3.63, 3.8) is 0 Å². The fourth-order valence-electron chi connectivity index (χ4n) is 2.87. The van der Waals surface area contributed by atoms with Gasteiger partial charge in [-0.3, -0.25) is 9.59 Å². The lowest BCUT2D eigenvalue weighted by Gasteiger charge is -2.12. The van der Waals surface area contributed by atoms with Crippen LogP contribution < -0.4 is 14.8 Å². The Balaban J connectivity index is 1.64. The molecule has 0 aromatic heterocycles. The second kappa shape index (κ2) is 10.8. The maximum absolute atomic E-state index is 12.4. The minimum atomic E-state index is -0.280. The lowest BCUT2D eigenvalue weighted by Crippen LogP contribution is -2.20. The first-order chi connectivity index (χ1) is 15.4. The van der Waals surface area contributed by atoms with Crippen molar-refractivity contribution in [2.24, 2.45) is 0 Å². The van der Waals surface area contributed by atoms with Crippen molar-refractivity contribution in [2.75, 3.05) is 19.0 Å². The number of ether oxygens (including phenoxy) is 2. The summed E-state index contributed by atoms with van der Waals surface area (Å²) in [6.07, 6.45) is 3.09. The van der Waals surface area contributed by atoms with E-state index in [0.29, 0.717) is 27.1 Å². The van der Waals surface area contributed by atoms with Crippen LogP contribution in [0.2, 0.25) is 10.0 Å². The number of allylic oxidation sites excluding steroid dienone is 1. The summed E-state index contributed by atoms with van der Waals surface area (Å²) in [5, 5.41) is 3.52. The Morgan fingerprint density at radius 1 is 0.969 bits per heavy atom. The molecule has 0 aliphatic heterocycles. The van der Waals surface area contributed by atoms with Gasteiger partial charge in [0.1, 0.15) is 0 Å². The van der Waals surface area contributed by atoms with Crippen LogP contribution in [0.4, 0.5) is 5.69 Å². The number of anilines is 1. The molecule has 164 valence electrons. The average molecular weight is 470 g/mol. The van der Waals surface area contributed by atoms with Gasteiger partial charge in [-0.05, 0) is 60.5 Å². The minimum absolute atomic E-state index is 0.171. The summed E-state index contributed by atoms with van der Waals surface area (Å²) in [4.78, 5) is 24.6. The quantitative estimate of drug-likeness (QED) is 0.314. The molecule has 1 N–H and O–H groups in total. The molecular formula is C25H21Cl2NO4. The zero-order chi connectivity index (χ0) is 23.1. The third-order valence-electron chi connectivity index (χ3n) is 4.60. The van der Waals surface area contributed by atoms with Gasteiger partial charge < -0.3 is 14.8 Å². The number of amides is 1. The molecule has 3 rings (SSSR count). The van der Waals surface area contributed by atoms with Gasteiger partial charge >= 0.3 is 0 Å². The summed E-state index contributed by atoms with van der Waals surface area (Å²) < 4.78 is 11.0. The van der Waals surface area contributed by atoms with Crippen molar-refractivity contribution in [2.45, 2.75) is 6.92 Å². The Morgan fingerprint density at radius 3 is 2.47 bits per heavy atom. The van der Waals surface area contributed by atoms with E-state index in [4.69, 9.17) is 32.7 Å². The molecule has 0 unspecified atom stereocenters. The van der Waals surface area contributed by atoms with Gasteiger partial charge in [-0.1, -0.05) is 53.5 Å². The first-order valence-corrected chi connectivity index (χ1v) is 10.5. The van der Waals surface area contributed by atoms with Crippen LogP contribution in [0.1, 0.15) is 21.5 Å². The van der Waals surface area contributed by atoms with Gasteiger partial charge in [0.05, 0.1) is 17.2 Å². The molecule has 1 amide bonds. The van der Waals surface area contributed by atoms with Crippen molar-refractivity contribution < 1.29 is 19.1 Å². The molecule has 3 aromatic carbocycles. The summed E-state index contributed by atoms with van der Waals surface area (Å²) in [7, 11) is 1.50. The van der Waals surface area contributed by atoms with Gasteiger partial charge in [0.2, 0.25) is 0 Å². The number of carbonyl (C=O) groups is 2. The van der Waals surface area contributed by atoms with Crippen LogP contribution in [-0.4, -0.2) is 25.4 Å². The van der Waals surface area contributed by atoms with Crippen molar-refractivity contribution in [1.29, 1.82) is 0 Å². The number of ketones is 1. The van der Waals surface area contributed by atoms with E-state index in [1.54, 1.807) is 36.4 Å². The predicted octanol–water partition coefficient (Wildman–Crippen LogP) is 6.22. The minimum Gasteiger partial charge on any atom is -0.493 e. The number of hydrogen-bond acceptors (Lipinski definition) is 4. The van der Waals surface area contributed by atoms with Gasteiger partial charge in [-0.25, -0.2) is 0 Å². The number of nitrogens with one attached hydrogen (secondary N) is 1. The highest BCUT2D eigenvalue weighted by molar-refractivity contribution is 6.42. The number of para-hydroxylation sites is 1. The summed E-state index contributed by atoms with van der Waals surface area (Å²) in [5.41, 5.74) is 2.86. The van der Waals surface area contributed by atoms with Crippen LogP contribution in [0.3, 0.4) is 0 Å². The van der Waals surface area contributed by atoms with Crippen LogP contribution in [0.25, 0.3) is 6.08 Å². The molecule has 0 radical (unpaired) electrons. The molecule has 0 aliphatic carbocycles. The first kappa shape index (κ1) is 23.4. The number of methoxy groups -OCH3 is 1. The Kier molecular flexibility index (Phi) is 7.92. The number of hydrogen-bond donors (Lipinski definition) is 1. The van der Waals surface area contributed by atoms with Gasteiger partial charge in [-0.15, -0.1) is 0 Å². The smallest absolute Gasteiger partial charge is 0.262 e. The van der Waals surface area contributed by atoms with E-state index in [0.717, 1.165) is 16.8 Å². The molecule has 0 saturated heterocycles. The summed E-state index contributed by atoms with van der Waals surface area (Å²) in [6.45, 7) is 1.74. The van der Waals surface area contributed by atoms with Gasteiger partial charge in [-0.2, -0.15) is 0 Å². The Labute approximate surface area is 196 Å². The molecule has 5 nitrogen and oxygen atoms in total. The van der Waals surface area contributed by atoms with Crippen molar-refractivity contribution in [1.82, 2.24) is 0 Å². The van der Waals surface area contributed by atoms with Crippen LogP contribution in [0.5, 0.6) is 11.5 Å². The molecule has 0 spiro atoms. The van der Waals surface area contributed by atoms with Gasteiger partial charge in [0.25, 0.3) is 5.91 Å². The number of aryl methyl sites for hydroxylation is 1. The van der Waals surface area contributed by atoms with Gasteiger partial charge in [0.15, 0.2) is 23.9 Å². The summed E-state index contributed by atoms with van der Waals surface area (Å²) >= 11 is 11.9. The molecule has 0 bridgehead atoms. The number of rotatable bonds is 8. The third kappa shape index (κ3) is 6.13. The molecule has 0 fully saturated rings. The van der Waals surface area contributed by atoms with Crippen LogP contribution in [0.15, 0.2) is 66.7 Å². The second-order valence-corrected chi connectivity index (χ2v) is 7.70. The van der Waals surface area contributed by atoms with Crippen LogP contribution in [0, 0.1) is 6.92 Å². The first-order valence-electron chi connectivity index (χ1n) is 9.71. The normalized spacial score (nSPS) is 10.8. The maximum atomic E-state index is 12.4. The van der Waals surface area contributed by atoms with Crippen molar-refractivity contribution in [3.05, 3.63) is 93.5 Å². The Morgan fingerprint density at radius 2 is 1.75 bits per heavy atom. The molecule has 0 aliphatic rings. The van der Waals surface area contributed by atoms with E-state index in [-0.39, 0.29) is 18.3 Å². The zero-order valence-corrected chi connectivity index (χ0v) is 19.0. The van der Waals surface area contributed by atoms with E-state index in [1.165, 1.54) is 19.3 Å². The highest BCUT2D eigenvalue weighted by atomic mass is 35.5. The van der Waals surface area contributed by atoms with E-state index in [9.17, 15) is 9.59 Å². The van der Waals surface area contributed by atoms with E-state index < -0.39 is 0 Å². The monoisotopic (exact) mass is 469 g/mol. The van der Waals surface area contributed by atoms with E-state index in [1.807, 2.05) is 31.2 Å². The predicted molar refractivity (Wildman–Crippen MR) is 128 cm³/mol. The molecular weight excluding hydrogens is 449 g/mol. The summed E-state index contributed by atoms with van der Waals surface area (Å²) in [5.74, 6) is 0.367. The van der Waals surface area contributed by atoms with Crippen molar-refractivity contribution >= 4 is 46.7 Å². The lowest BCUT2D eigenvalue weighted by molar-refractivity contribution is -0.118. The molecule has 3 aromatic rings. The lowest BCUT2D eigenvalue weighted by atomic mass is 10.1. The van der Waals surface area contributed by atoms with Crippen LogP contribution >= 0.6 is 23.2 Å². The second-order valence-electron chi connectivity index (χ2n) is 6.89. The SMILES string of the molecule is COc1cc(/C=C/C(=O)c2ccc(Cl)c(Cl)c2)ccc1OCC(=O)Nc1ccccc1C. The van der Waals surface area contributed by atoms with E-state index in [2.05, 4.69) is 5.32 Å². The number of benzene rings is 3. The Hall–Kier alpha value is -3.28. The largest absolute Gasteiger partial charge is 0.493 e. The van der Waals surface area contributed by atoms with Crippen LogP contribution in [-0.2, 0) is 4.79 Å². The fourth-order valence-corrected chi connectivity index (χ4v) is 3.17. The molecule has 0 saturated carbocycles. The molecule has 7 heteroatoms. The number of halogens is 2. The van der Waals surface area contributed by atoms with E-state index >= 15 is 0 Å². The maximum Gasteiger partial charge on any atom is 0.262 e.